The molecule has 2 heterocycles. The largest absolute Gasteiger partial charge is 0.507 e. The fraction of sp³-hybridized carbons (Fsp3) is 0.200. The van der Waals surface area contributed by atoms with Crippen molar-refractivity contribution >= 4 is 68.9 Å². The van der Waals surface area contributed by atoms with Gasteiger partial charge < -0.3 is 14.6 Å². The topological polar surface area (TPSA) is 102 Å². The molecule has 3 aromatic carbocycles. The Hall–Kier alpha value is -3.57. The van der Waals surface area contributed by atoms with Crippen LogP contribution in [-0.4, -0.2) is 40.2 Å². The van der Waals surface area contributed by atoms with E-state index < -0.39 is 17.7 Å². The van der Waals surface area contributed by atoms with Crippen molar-refractivity contribution in [3.05, 3.63) is 99.0 Å². The Labute approximate surface area is 260 Å². The molecular weight excluding hydrogens is 617 g/mol. The summed E-state index contributed by atoms with van der Waals surface area (Å²) in [5.74, 6) is -0.459. The van der Waals surface area contributed by atoms with E-state index in [1.807, 2.05) is 19.9 Å². The molecule has 0 spiro atoms. The maximum absolute atomic E-state index is 13.6. The summed E-state index contributed by atoms with van der Waals surface area (Å²) in [7, 11) is 0. The monoisotopic (exact) mass is 641 g/mol. The lowest BCUT2D eigenvalue weighted by Crippen LogP contribution is -2.29. The van der Waals surface area contributed by atoms with Crippen molar-refractivity contribution in [2.45, 2.75) is 30.0 Å². The van der Waals surface area contributed by atoms with Crippen LogP contribution < -0.4 is 14.4 Å². The van der Waals surface area contributed by atoms with E-state index in [1.165, 1.54) is 16.7 Å². The summed E-state index contributed by atoms with van der Waals surface area (Å²) in [6.45, 7) is 4.52. The van der Waals surface area contributed by atoms with Crippen LogP contribution in [0.15, 0.2) is 76.6 Å². The highest BCUT2D eigenvalue weighted by Crippen LogP contribution is 2.45. The van der Waals surface area contributed by atoms with Crippen molar-refractivity contribution in [2.24, 2.45) is 0 Å². The van der Waals surface area contributed by atoms with E-state index in [0.29, 0.717) is 56.0 Å². The summed E-state index contributed by atoms with van der Waals surface area (Å²) in [6, 6.07) is 18.1. The molecular formula is C30H25Cl2N3O5S2. The van der Waals surface area contributed by atoms with Crippen molar-refractivity contribution < 1.29 is 24.2 Å². The van der Waals surface area contributed by atoms with Crippen LogP contribution in [0.1, 0.15) is 36.6 Å². The molecule has 12 heteroatoms. The van der Waals surface area contributed by atoms with Crippen LogP contribution in [0.4, 0.5) is 5.13 Å². The highest BCUT2D eigenvalue weighted by molar-refractivity contribution is 8.00. The van der Waals surface area contributed by atoms with E-state index in [-0.39, 0.29) is 16.5 Å². The molecule has 1 fully saturated rings. The van der Waals surface area contributed by atoms with Crippen LogP contribution >= 0.6 is 46.3 Å². The predicted octanol–water partition coefficient (Wildman–Crippen LogP) is 7.56. The number of benzene rings is 3. The number of ketones is 1. The molecule has 1 unspecified atom stereocenters. The van der Waals surface area contributed by atoms with Crippen molar-refractivity contribution in [1.82, 2.24) is 10.2 Å². The van der Waals surface area contributed by atoms with E-state index in [0.717, 1.165) is 16.9 Å². The number of rotatable bonds is 10. The molecule has 1 amide bonds. The summed E-state index contributed by atoms with van der Waals surface area (Å²) in [5, 5.41) is 21.2. The molecule has 42 heavy (non-hydrogen) atoms. The molecule has 0 bridgehead atoms. The minimum atomic E-state index is -0.989. The van der Waals surface area contributed by atoms with Gasteiger partial charge in [-0.2, -0.15) is 0 Å². The van der Waals surface area contributed by atoms with Gasteiger partial charge in [0.05, 0.1) is 24.8 Å². The highest BCUT2D eigenvalue weighted by atomic mass is 35.5. The number of carbonyl (C=O) groups is 2. The highest BCUT2D eigenvalue weighted by Gasteiger charge is 2.48. The van der Waals surface area contributed by atoms with Gasteiger partial charge in [-0.05, 0) is 49.2 Å². The SMILES string of the molecule is CCOc1ccc(C2/C(=C(\O)c3ccccc3)C(=O)C(=O)N2c2nnc(SCc3ccc(Cl)cc3Cl)s2)cc1OCC. The number of nitrogens with zero attached hydrogens (tertiary/aromatic N) is 3. The Bertz CT molecular complexity index is 1660. The second kappa shape index (κ2) is 13.2. The Morgan fingerprint density at radius 2 is 1.71 bits per heavy atom. The fourth-order valence-electron chi connectivity index (χ4n) is 4.47. The second-order valence-corrected chi connectivity index (χ2v) is 12.0. The molecule has 0 radical (unpaired) electrons. The normalized spacial score (nSPS) is 16.2. The van der Waals surface area contributed by atoms with Crippen LogP contribution in [0.25, 0.3) is 5.76 Å². The molecule has 1 atom stereocenters. The van der Waals surface area contributed by atoms with Crippen LogP contribution in [-0.2, 0) is 15.3 Å². The predicted molar refractivity (Wildman–Crippen MR) is 166 cm³/mol. The van der Waals surface area contributed by atoms with Gasteiger partial charge in [-0.3, -0.25) is 14.5 Å². The van der Waals surface area contributed by atoms with Crippen LogP contribution in [0.2, 0.25) is 10.0 Å². The molecule has 5 rings (SSSR count). The van der Waals surface area contributed by atoms with E-state index in [2.05, 4.69) is 10.2 Å². The van der Waals surface area contributed by atoms with Gasteiger partial charge in [-0.15, -0.1) is 10.2 Å². The standard InChI is InChI=1S/C30H25Cl2N3O5S2/c1-3-39-22-13-11-18(14-23(22)40-4-2)25-24(26(36)17-8-6-5-7-9-17)27(37)28(38)35(25)29-33-34-30(42-29)41-16-19-10-12-20(31)15-21(19)32/h5-15,25,36H,3-4,16H2,1-2H3/b26-24+. The lowest BCUT2D eigenvalue weighted by Gasteiger charge is -2.23. The van der Waals surface area contributed by atoms with Crippen molar-refractivity contribution in [1.29, 1.82) is 0 Å². The molecule has 0 saturated carbocycles. The van der Waals surface area contributed by atoms with Crippen molar-refractivity contribution in [2.75, 3.05) is 18.1 Å². The molecule has 1 N–H and O–H groups in total. The minimum Gasteiger partial charge on any atom is -0.507 e. The van der Waals surface area contributed by atoms with Crippen molar-refractivity contribution in [3.63, 3.8) is 0 Å². The second-order valence-electron chi connectivity index (χ2n) is 8.98. The van der Waals surface area contributed by atoms with Crippen molar-refractivity contribution in [3.8, 4) is 11.5 Å². The first kappa shape index (κ1) is 29.9. The number of ether oxygens (including phenoxy) is 2. The molecule has 1 aromatic heterocycles. The average Bonchev–Trinajstić information content (AvgIpc) is 3.55. The number of aromatic nitrogens is 2. The van der Waals surface area contributed by atoms with E-state index in [1.54, 1.807) is 60.7 Å². The van der Waals surface area contributed by atoms with Gasteiger partial charge in [0, 0.05) is 21.4 Å². The number of anilines is 1. The van der Waals surface area contributed by atoms with Gasteiger partial charge in [0.25, 0.3) is 5.78 Å². The lowest BCUT2D eigenvalue weighted by molar-refractivity contribution is -0.132. The third kappa shape index (κ3) is 6.12. The smallest absolute Gasteiger partial charge is 0.301 e. The molecule has 4 aromatic rings. The molecule has 1 saturated heterocycles. The molecule has 0 aliphatic carbocycles. The van der Waals surface area contributed by atoms with Crippen LogP contribution in [0.5, 0.6) is 11.5 Å². The summed E-state index contributed by atoms with van der Waals surface area (Å²) in [6.07, 6.45) is 0. The zero-order chi connectivity index (χ0) is 29.8. The Kier molecular flexibility index (Phi) is 9.37. The Balaban J connectivity index is 1.57. The van der Waals surface area contributed by atoms with Gasteiger partial charge in [-0.1, -0.05) is 88.8 Å². The molecule has 1 aliphatic heterocycles. The summed E-state index contributed by atoms with van der Waals surface area (Å²) >= 11 is 14.9. The van der Waals surface area contributed by atoms with Gasteiger partial charge in [0.15, 0.2) is 15.8 Å². The van der Waals surface area contributed by atoms with E-state index in [9.17, 15) is 14.7 Å². The first-order valence-corrected chi connectivity index (χ1v) is 15.5. The number of carbonyl (C=O) groups excluding carboxylic acids is 2. The summed E-state index contributed by atoms with van der Waals surface area (Å²) in [4.78, 5) is 28.3. The van der Waals surface area contributed by atoms with Crippen LogP contribution in [0, 0.1) is 0 Å². The summed E-state index contributed by atoms with van der Waals surface area (Å²) < 4.78 is 12.1. The number of thioether (sulfide) groups is 1. The van der Waals surface area contributed by atoms with Crippen LogP contribution in [0.3, 0.4) is 0 Å². The molecule has 8 nitrogen and oxygen atoms in total. The minimum absolute atomic E-state index is 0.0600. The fourth-order valence-corrected chi connectivity index (χ4v) is 6.90. The average molecular weight is 643 g/mol. The first-order valence-electron chi connectivity index (χ1n) is 13.0. The number of aliphatic hydroxyl groups is 1. The Morgan fingerprint density at radius 3 is 2.43 bits per heavy atom. The van der Waals surface area contributed by atoms with E-state index in [4.69, 9.17) is 32.7 Å². The quantitative estimate of drug-likeness (QED) is 0.0622. The summed E-state index contributed by atoms with van der Waals surface area (Å²) in [5.41, 5.74) is 1.75. The van der Waals surface area contributed by atoms with E-state index >= 15 is 0 Å². The number of halogens is 2. The maximum atomic E-state index is 13.6. The Morgan fingerprint density at radius 1 is 0.976 bits per heavy atom. The van der Waals surface area contributed by atoms with Gasteiger partial charge in [0.2, 0.25) is 5.13 Å². The number of amides is 1. The zero-order valence-corrected chi connectivity index (χ0v) is 25.7. The lowest BCUT2D eigenvalue weighted by atomic mass is 9.95. The third-order valence-electron chi connectivity index (χ3n) is 6.34. The number of hydrogen-bond donors (Lipinski definition) is 1. The number of aliphatic hydroxyl groups excluding tert-OH is 1. The van der Waals surface area contributed by atoms with Gasteiger partial charge in [-0.25, -0.2) is 0 Å². The van der Waals surface area contributed by atoms with Gasteiger partial charge in [0.1, 0.15) is 5.76 Å². The molecule has 216 valence electrons. The van der Waals surface area contributed by atoms with Gasteiger partial charge >= 0.3 is 5.91 Å². The third-order valence-corrected chi connectivity index (χ3v) is 9.03. The zero-order valence-electron chi connectivity index (χ0n) is 22.5. The maximum Gasteiger partial charge on any atom is 0.301 e. The first-order chi connectivity index (χ1) is 20.3. The number of hydrogen-bond acceptors (Lipinski definition) is 9. The number of Topliss-reactive ketones (excluding diaryl/α,β-unsaturated/α-hetero) is 1. The molecule has 1 aliphatic rings.